The second-order valence-corrected chi connectivity index (χ2v) is 9.78. The number of amides is 2. The van der Waals surface area contributed by atoms with Gasteiger partial charge >= 0.3 is 6.03 Å². The van der Waals surface area contributed by atoms with Crippen LogP contribution in [0, 0.1) is 0 Å². The number of nitrogens with two attached hydrogens (primary N) is 1. The molecule has 3 aromatic carbocycles. The Kier molecular flexibility index (Phi) is 9.91. The van der Waals surface area contributed by atoms with Crippen molar-refractivity contribution in [3.8, 4) is 0 Å². The van der Waals surface area contributed by atoms with Crippen LogP contribution >= 0.6 is 0 Å². The monoisotopic (exact) mass is 488 g/mol. The third-order valence-corrected chi connectivity index (χ3v) is 6.20. The zero-order valence-corrected chi connectivity index (χ0v) is 22.0. The third-order valence-electron chi connectivity index (χ3n) is 6.20. The van der Waals surface area contributed by atoms with Gasteiger partial charge in [0.1, 0.15) is 6.23 Å². The van der Waals surface area contributed by atoms with Gasteiger partial charge in [-0.15, -0.1) is 0 Å². The molecular formula is C30H40N4O2. The predicted octanol–water partition coefficient (Wildman–Crippen LogP) is 6.53. The van der Waals surface area contributed by atoms with E-state index < -0.39 is 0 Å². The second kappa shape index (κ2) is 13.1. The molecule has 0 aliphatic heterocycles. The minimum Gasteiger partial charge on any atom is -0.399 e. The summed E-state index contributed by atoms with van der Waals surface area (Å²) < 4.78 is 6.03. The second-order valence-electron chi connectivity index (χ2n) is 9.78. The Hall–Kier alpha value is -3.35. The standard InChI is InChI=1S/C30H40N4O2/c1-20(2)26-12-9-13-27(21(3)4)29(26)34-30(35)32-18-28(24-10-7-6-8-11-24)33-22(5)36-19-23-14-16-25(31)17-15-23/h6-17,20-22,28,33H,18-19,31H2,1-5H3,(H2,32,34,35). The first-order valence-electron chi connectivity index (χ1n) is 12.7. The zero-order chi connectivity index (χ0) is 26.1. The lowest BCUT2D eigenvalue weighted by molar-refractivity contribution is 0.0223. The summed E-state index contributed by atoms with van der Waals surface area (Å²) in [5.41, 5.74) is 11.8. The number of nitrogen functional groups attached to an aromatic ring is 1. The van der Waals surface area contributed by atoms with Crippen LogP contribution in [0.1, 0.15) is 74.8 Å². The lowest BCUT2D eigenvalue weighted by atomic mass is 9.93. The number of hydrogen-bond acceptors (Lipinski definition) is 4. The topological polar surface area (TPSA) is 88.4 Å². The van der Waals surface area contributed by atoms with Gasteiger partial charge in [0.05, 0.1) is 12.6 Å². The number of hydrogen-bond donors (Lipinski definition) is 4. The fourth-order valence-corrected chi connectivity index (χ4v) is 4.17. The summed E-state index contributed by atoms with van der Waals surface area (Å²) in [5, 5.41) is 9.70. The molecule has 192 valence electrons. The predicted molar refractivity (Wildman–Crippen MR) is 149 cm³/mol. The van der Waals surface area contributed by atoms with E-state index in [0.717, 1.165) is 33.6 Å². The van der Waals surface area contributed by atoms with Gasteiger partial charge in [0.15, 0.2) is 0 Å². The summed E-state index contributed by atoms with van der Waals surface area (Å²) >= 11 is 0. The average molecular weight is 489 g/mol. The summed E-state index contributed by atoms with van der Waals surface area (Å²) in [6.07, 6.45) is -0.230. The summed E-state index contributed by atoms with van der Waals surface area (Å²) in [5.74, 6) is 0.605. The first-order chi connectivity index (χ1) is 17.2. The van der Waals surface area contributed by atoms with Gasteiger partial charge in [-0.2, -0.15) is 0 Å². The first kappa shape index (κ1) is 27.2. The SMILES string of the molecule is CC(NC(CNC(=O)Nc1c(C(C)C)cccc1C(C)C)c1ccccc1)OCc1ccc(N)cc1. The van der Waals surface area contributed by atoms with E-state index in [1.807, 2.05) is 49.4 Å². The maximum absolute atomic E-state index is 13.0. The van der Waals surface area contributed by atoms with Gasteiger partial charge < -0.3 is 21.1 Å². The van der Waals surface area contributed by atoms with Crippen LogP contribution in [0.4, 0.5) is 16.2 Å². The van der Waals surface area contributed by atoms with Crippen molar-refractivity contribution in [3.05, 3.63) is 95.1 Å². The number of carbonyl (C=O) groups is 1. The molecule has 0 saturated carbocycles. The highest BCUT2D eigenvalue weighted by Gasteiger charge is 2.19. The van der Waals surface area contributed by atoms with Crippen molar-refractivity contribution in [2.24, 2.45) is 0 Å². The highest BCUT2D eigenvalue weighted by atomic mass is 16.5. The largest absolute Gasteiger partial charge is 0.399 e. The Morgan fingerprint density at radius 3 is 2.03 bits per heavy atom. The van der Waals surface area contributed by atoms with E-state index in [1.165, 1.54) is 0 Å². The highest BCUT2D eigenvalue weighted by Crippen LogP contribution is 2.32. The Balaban J connectivity index is 1.66. The molecule has 0 heterocycles. The molecule has 3 aromatic rings. The molecule has 0 saturated heterocycles. The molecule has 2 atom stereocenters. The van der Waals surface area contributed by atoms with Crippen molar-refractivity contribution < 1.29 is 9.53 Å². The molecule has 0 spiro atoms. The number of anilines is 2. The lowest BCUT2D eigenvalue weighted by Gasteiger charge is -2.25. The van der Waals surface area contributed by atoms with Gasteiger partial charge in [0.25, 0.3) is 0 Å². The van der Waals surface area contributed by atoms with Crippen LogP contribution in [0.25, 0.3) is 0 Å². The fraction of sp³-hybridized carbons (Fsp3) is 0.367. The van der Waals surface area contributed by atoms with Crippen LogP contribution < -0.4 is 21.7 Å². The molecule has 36 heavy (non-hydrogen) atoms. The van der Waals surface area contributed by atoms with Crippen molar-refractivity contribution in [2.45, 2.75) is 65.3 Å². The molecule has 6 nitrogen and oxygen atoms in total. The van der Waals surface area contributed by atoms with E-state index in [9.17, 15) is 4.79 Å². The molecular weight excluding hydrogens is 448 g/mol. The van der Waals surface area contributed by atoms with E-state index in [2.05, 4.69) is 74.0 Å². The Morgan fingerprint density at radius 1 is 0.833 bits per heavy atom. The number of benzene rings is 3. The lowest BCUT2D eigenvalue weighted by Crippen LogP contribution is -2.41. The summed E-state index contributed by atoms with van der Waals surface area (Å²) in [6.45, 7) is 11.4. The number of nitrogens with one attached hydrogen (secondary N) is 3. The summed E-state index contributed by atoms with van der Waals surface area (Å²) in [7, 11) is 0. The molecule has 0 radical (unpaired) electrons. The molecule has 6 heteroatoms. The van der Waals surface area contributed by atoms with Gasteiger partial charge in [0.2, 0.25) is 0 Å². The Bertz CT molecular complexity index is 1070. The zero-order valence-electron chi connectivity index (χ0n) is 22.0. The van der Waals surface area contributed by atoms with Gasteiger partial charge in [-0.05, 0) is 53.1 Å². The van der Waals surface area contributed by atoms with E-state index in [0.29, 0.717) is 25.0 Å². The van der Waals surface area contributed by atoms with Crippen molar-refractivity contribution in [1.29, 1.82) is 0 Å². The molecule has 2 unspecified atom stereocenters. The quantitative estimate of drug-likeness (QED) is 0.182. The maximum Gasteiger partial charge on any atom is 0.319 e. The van der Waals surface area contributed by atoms with E-state index in [-0.39, 0.29) is 18.3 Å². The van der Waals surface area contributed by atoms with Crippen LogP contribution in [0.3, 0.4) is 0 Å². The fourth-order valence-electron chi connectivity index (χ4n) is 4.17. The van der Waals surface area contributed by atoms with Crippen LogP contribution in [0.15, 0.2) is 72.8 Å². The van der Waals surface area contributed by atoms with Crippen molar-refractivity contribution >= 4 is 17.4 Å². The molecule has 2 amide bonds. The van der Waals surface area contributed by atoms with Gasteiger partial charge in [-0.25, -0.2) is 4.79 Å². The van der Waals surface area contributed by atoms with Crippen LogP contribution in [-0.4, -0.2) is 18.8 Å². The summed E-state index contributed by atoms with van der Waals surface area (Å²) in [6, 6.07) is 23.6. The van der Waals surface area contributed by atoms with Gasteiger partial charge in [-0.1, -0.05) is 88.4 Å². The number of para-hydroxylation sites is 1. The first-order valence-corrected chi connectivity index (χ1v) is 12.7. The summed E-state index contributed by atoms with van der Waals surface area (Å²) in [4.78, 5) is 13.0. The highest BCUT2D eigenvalue weighted by molar-refractivity contribution is 5.91. The number of rotatable bonds is 11. The minimum absolute atomic E-state index is 0.122. The molecule has 0 aliphatic carbocycles. The van der Waals surface area contributed by atoms with E-state index in [4.69, 9.17) is 10.5 Å². The minimum atomic E-state index is -0.230. The van der Waals surface area contributed by atoms with Gasteiger partial charge in [0, 0.05) is 17.9 Å². The van der Waals surface area contributed by atoms with Crippen molar-refractivity contribution in [2.75, 3.05) is 17.6 Å². The Morgan fingerprint density at radius 2 is 1.44 bits per heavy atom. The van der Waals surface area contributed by atoms with Gasteiger partial charge in [-0.3, -0.25) is 5.32 Å². The normalized spacial score (nSPS) is 13.0. The van der Waals surface area contributed by atoms with Crippen LogP contribution in [0.2, 0.25) is 0 Å². The van der Waals surface area contributed by atoms with E-state index in [1.54, 1.807) is 0 Å². The molecule has 5 N–H and O–H groups in total. The number of carbonyl (C=O) groups excluding carboxylic acids is 1. The smallest absolute Gasteiger partial charge is 0.319 e. The average Bonchev–Trinajstić information content (AvgIpc) is 2.86. The molecule has 0 bridgehead atoms. The molecule has 0 fully saturated rings. The third kappa shape index (κ3) is 7.83. The molecule has 0 aromatic heterocycles. The van der Waals surface area contributed by atoms with Crippen LogP contribution in [-0.2, 0) is 11.3 Å². The van der Waals surface area contributed by atoms with Crippen LogP contribution in [0.5, 0.6) is 0 Å². The molecule has 0 aliphatic rings. The maximum atomic E-state index is 13.0. The number of ether oxygens (including phenoxy) is 1. The Labute approximate surface area is 215 Å². The molecule has 3 rings (SSSR count). The van der Waals surface area contributed by atoms with Crippen molar-refractivity contribution in [1.82, 2.24) is 10.6 Å². The van der Waals surface area contributed by atoms with E-state index >= 15 is 0 Å². The number of urea groups is 1. The van der Waals surface area contributed by atoms with Crippen molar-refractivity contribution in [3.63, 3.8) is 0 Å².